The molecular weight excluding hydrogens is 503 g/mol. The van der Waals surface area contributed by atoms with Gasteiger partial charge >= 0.3 is 0 Å². The van der Waals surface area contributed by atoms with Gasteiger partial charge in [-0.1, -0.05) is 46.8 Å². The van der Waals surface area contributed by atoms with Crippen molar-refractivity contribution in [2.45, 2.75) is 40.7 Å². The number of aliphatic hydroxyl groups excluding tert-OH is 1. The van der Waals surface area contributed by atoms with E-state index in [-0.39, 0.29) is 41.8 Å². The van der Waals surface area contributed by atoms with Crippen molar-refractivity contribution in [3.63, 3.8) is 0 Å². The van der Waals surface area contributed by atoms with Gasteiger partial charge in [0, 0.05) is 55.9 Å². The fraction of sp³-hybridized carbons (Fsp3) is 0.414. The van der Waals surface area contributed by atoms with Crippen molar-refractivity contribution in [3.8, 4) is 5.75 Å². The summed E-state index contributed by atoms with van der Waals surface area (Å²) in [5.41, 5.74) is 12.2. The standard InChI is InChI=1S/C23H27FN4O5.C4H10.C2H6/c1-28(2)23(31)14-6-4-13(5-7-14)18(25)9-20(30)22(27)16-8-17(24)21(10-19(16)26)33-12-15(11-29)32-3;1-4(2)3;1-2/h4-10,15,27,29H,11-12,25-26H2,1-3H3;4H,1-3H3;1-2H3/b18-9-,27-22?;;. The molecule has 2 aromatic carbocycles. The van der Waals surface area contributed by atoms with E-state index < -0.39 is 23.4 Å². The van der Waals surface area contributed by atoms with E-state index in [9.17, 15) is 14.0 Å². The van der Waals surface area contributed by atoms with E-state index in [0.717, 1.165) is 24.1 Å². The molecule has 9 nitrogen and oxygen atoms in total. The number of amides is 1. The summed E-state index contributed by atoms with van der Waals surface area (Å²) in [6.07, 6.45) is 0.394. The number of allylic oxidation sites excluding steroid dienone is 1. The lowest BCUT2D eigenvalue weighted by Gasteiger charge is -2.15. The van der Waals surface area contributed by atoms with Crippen LogP contribution < -0.4 is 16.2 Å². The highest BCUT2D eigenvalue weighted by atomic mass is 19.1. The molecule has 0 aliphatic heterocycles. The van der Waals surface area contributed by atoms with Crippen molar-refractivity contribution >= 4 is 28.8 Å². The third kappa shape index (κ3) is 11.7. The van der Waals surface area contributed by atoms with Gasteiger partial charge in [-0.15, -0.1) is 0 Å². The van der Waals surface area contributed by atoms with E-state index in [1.54, 1.807) is 38.4 Å². The van der Waals surface area contributed by atoms with Crippen molar-refractivity contribution in [1.82, 2.24) is 4.90 Å². The molecule has 2 rings (SSSR count). The number of ketones is 1. The molecule has 216 valence electrons. The predicted octanol–water partition coefficient (Wildman–Crippen LogP) is 4.12. The molecule has 0 bridgehead atoms. The third-order valence-corrected chi connectivity index (χ3v) is 4.74. The molecule has 0 spiro atoms. The summed E-state index contributed by atoms with van der Waals surface area (Å²) in [5, 5.41) is 17.2. The molecule has 0 saturated carbocycles. The van der Waals surface area contributed by atoms with Crippen LogP contribution in [0.2, 0.25) is 0 Å². The first-order chi connectivity index (χ1) is 18.3. The zero-order valence-electron chi connectivity index (χ0n) is 24.2. The number of benzene rings is 2. The van der Waals surface area contributed by atoms with Crippen molar-refractivity contribution in [2.24, 2.45) is 11.7 Å². The highest BCUT2D eigenvalue weighted by Gasteiger charge is 2.18. The number of hydrogen-bond acceptors (Lipinski definition) is 8. The van der Waals surface area contributed by atoms with Crippen LogP contribution >= 0.6 is 0 Å². The smallest absolute Gasteiger partial charge is 0.253 e. The van der Waals surface area contributed by atoms with Gasteiger partial charge in [0.15, 0.2) is 11.6 Å². The molecule has 0 heterocycles. The number of methoxy groups -OCH3 is 1. The lowest BCUT2D eigenvalue weighted by molar-refractivity contribution is -0.108. The largest absolute Gasteiger partial charge is 0.488 e. The molecule has 6 N–H and O–H groups in total. The molecular formula is C29H43FN4O5. The zero-order valence-corrected chi connectivity index (χ0v) is 24.2. The van der Waals surface area contributed by atoms with Gasteiger partial charge in [-0.25, -0.2) is 4.39 Å². The van der Waals surface area contributed by atoms with E-state index in [1.165, 1.54) is 12.0 Å². The number of nitrogens with zero attached hydrogens (tertiary/aromatic N) is 1. The number of nitrogen functional groups attached to an aromatic ring is 1. The highest BCUT2D eigenvalue weighted by molar-refractivity contribution is 6.50. The SMILES string of the molecule is CC.CC(C)C.COC(CO)COc1cc(N)c(C(=N)C(=O)/C=C(\N)c2ccc(C(=O)N(C)C)cc2)cc1F. The molecule has 0 aliphatic carbocycles. The maximum atomic E-state index is 14.4. The Morgan fingerprint density at radius 2 is 1.62 bits per heavy atom. The normalized spacial score (nSPS) is 11.4. The Morgan fingerprint density at radius 3 is 2.08 bits per heavy atom. The van der Waals surface area contributed by atoms with Gasteiger partial charge in [0.05, 0.1) is 6.61 Å². The number of ether oxygens (including phenoxy) is 2. The van der Waals surface area contributed by atoms with Crippen LogP contribution in [0.5, 0.6) is 5.75 Å². The number of nitrogens with two attached hydrogens (primary N) is 2. The summed E-state index contributed by atoms with van der Waals surface area (Å²) in [6, 6.07) is 8.40. The minimum atomic E-state index is -0.831. The average molecular weight is 547 g/mol. The molecule has 1 amide bonds. The Bertz CT molecular complexity index is 1110. The number of anilines is 1. The Morgan fingerprint density at radius 1 is 1.10 bits per heavy atom. The van der Waals surface area contributed by atoms with E-state index in [2.05, 4.69) is 20.8 Å². The van der Waals surface area contributed by atoms with Crippen LogP contribution in [0.3, 0.4) is 0 Å². The molecule has 0 radical (unpaired) electrons. The second-order valence-corrected chi connectivity index (χ2v) is 9.07. The molecule has 0 fully saturated rings. The van der Waals surface area contributed by atoms with Gasteiger partial charge in [-0.05, 0) is 29.7 Å². The van der Waals surface area contributed by atoms with Gasteiger partial charge in [-0.2, -0.15) is 0 Å². The lowest BCUT2D eigenvalue weighted by atomic mass is 10.0. The second-order valence-electron chi connectivity index (χ2n) is 9.07. The van der Waals surface area contributed by atoms with E-state index >= 15 is 0 Å². The Kier molecular flexibility index (Phi) is 16.0. The molecule has 0 aliphatic rings. The van der Waals surface area contributed by atoms with Crippen LogP contribution in [0, 0.1) is 17.1 Å². The zero-order chi connectivity index (χ0) is 30.3. The quantitative estimate of drug-likeness (QED) is 0.199. The van der Waals surface area contributed by atoms with E-state index in [4.69, 9.17) is 31.5 Å². The number of carbonyl (C=O) groups excluding carboxylic acids is 2. The topological polar surface area (TPSA) is 152 Å². The minimum absolute atomic E-state index is 0.0405. The number of halogens is 1. The summed E-state index contributed by atoms with van der Waals surface area (Å²) < 4.78 is 24.6. The summed E-state index contributed by atoms with van der Waals surface area (Å²) in [5.74, 6) is -1.15. The predicted molar refractivity (Wildman–Crippen MR) is 155 cm³/mol. The fourth-order valence-electron chi connectivity index (χ4n) is 2.77. The number of aliphatic hydroxyl groups is 1. The van der Waals surface area contributed by atoms with Gasteiger partial charge in [0.25, 0.3) is 5.91 Å². The van der Waals surface area contributed by atoms with Crippen molar-refractivity contribution < 1.29 is 28.6 Å². The first-order valence-electron chi connectivity index (χ1n) is 12.6. The maximum absolute atomic E-state index is 14.4. The van der Waals surface area contributed by atoms with E-state index in [0.29, 0.717) is 11.1 Å². The van der Waals surface area contributed by atoms with Gasteiger partial charge in [-0.3, -0.25) is 15.0 Å². The highest BCUT2D eigenvalue weighted by Crippen LogP contribution is 2.25. The Balaban J connectivity index is 0.00000220. The number of rotatable bonds is 10. The molecule has 39 heavy (non-hydrogen) atoms. The lowest BCUT2D eigenvalue weighted by Crippen LogP contribution is -2.24. The molecule has 0 aromatic heterocycles. The van der Waals surface area contributed by atoms with Crippen molar-refractivity contribution in [2.75, 3.05) is 40.2 Å². The summed E-state index contributed by atoms with van der Waals surface area (Å²) in [7, 11) is 4.64. The summed E-state index contributed by atoms with van der Waals surface area (Å²) >= 11 is 0. The number of carbonyl (C=O) groups is 2. The number of nitrogens with one attached hydrogen (secondary N) is 1. The van der Waals surface area contributed by atoms with Crippen LogP contribution in [0.25, 0.3) is 5.70 Å². The molecule has 1 unspecified atom stereocenters. The monoisotopic (exact) mass is 546 g/mol. The van der Waals surface area contributed by atoms with Crippen LogP contribution in [-0.4, -0.2) is 67.9 Å². The Labute approximate surface area is 231 Å². The second kappa shape index (κ2) is 17.7. The minimum Gasteiger partial charge on any atom is -0.488 e. The third-order valence-electron chi connectivity index (χ3n) is 4.74. The first-order valence-corrected chi connectivity index (χ1v) is 12.6. The van der Waals surface area contributed by atoms with Crippen LogP contribution in [0.4, 0.5) is 10.1 Å². The van der Waals surface area contributed by atoms with Crippen molar-refractivity contribution in [1.29, 1.82) is 5.41 Å². The number of hydrogen-bond donors (Lipinski definition) is 4. The Hall–Kier alpha value is -3.76. The van der Waals surface area contributed by atoms with E-state index in [1.807, 2.05) is 13.8 Å². The van der Waals surface area contributed by atoms with Crippen LogP contribution in [0.1, 0.15) is 56.1 Å². The van der Waals surface area contributed by atoms with Crippen LogP contribution in [0.15, 0.2) is 42.5 Å². The summed E-state index contributed by atoms with van der Waals surface area (Å²) in [4.78, 5) is 25.9. The molecule has 0 saturated heterocycles. The molecule has 1 atom stereocenters. The molecule has 2 aromatic rings. The first kappa shape index (κ1) is 35.2. The summed E-state index contributed by atoms with van der Waals surface area (Å²) in [6.45, 7) is 10.1. The molecule has 10 heteroatoms. The fourth-order valence-corrected chi connectivity index (χ4v) is 2.77. The van der Waals surface area contributed by atoms with Crippen molar-refractivity contribution in [3.05, 3.63) is 65.0 Å². The average Bonchev–Trinajstić information content (AvgIpc) is 2.90. The maximum Gasteiger partial charge on any atom is 0.253 e. The van der Waals surface area contributed by atoms with Gasteiger partial charge in [0.1, 0.15) is 18.4 Å². The van der Waals surface area contributed by atoms with Gasteiger partial charge in [0.2, 0.25) is 5.78 Å². The van der Waals surface area contributed by atoms with Crippen LogP contribution in [-0.2, 0) is 9.53 Å². The van der Waals surface area contributed by atoms with Gasteiger partial charge < -0.3 is 30.9 Å².